The Balaban J connectivity index is 2.83. The van der Waals surface area contributed by atoms with Gasteiger partial charge in [-0.3, -0.25) is 4.79 Å². The van der Waals surface area contributed by atoms with Crippen LogP contribution in [0.3, 0.4) is 0 Å². The molecule has 0 radical (unpaired) electrons. The zero-order valence-corrected chi connectivity index (χ0v) is 10.5. The van der Waals surface area contributed by atoms with Gasteiger partial charge in [0.25, 0.3) is 0 Å². The number of rotatable bonds is 2. The van der Waals surface area contributed by atoms with Gasteiger partial charge in [0.1, 0.15) is 0 Å². The molecule has 72 valence electrons. The van der Waals surface area contributed by atoms with Crippen LogP contribution >= 0.6 is 39.9 Å². The normalized spacial score (nSPS) is 10.7. The van der Waals surface area contributed by atoms with Crippen molar-refractivity contribution in [2.75, 3.05) is 0 Å². The summed E-state index contributed by atoms with van der Waals surface area (Å²) in [7, 11) is 0. The van der Waals surface area contributed by atoms with Crippen molar-refractivity contribution in [1.82, 2.24) is 0 Å². The first-order valence-electron chi connectivity index (χ1n) is 4.00. The summed E-state index contributed by atoms with van der Waals surface area (Å²) in [6, 6.07) is 3.80. The number of hydrogen-bond donors (Lipinski definition) is 1. The molecule has 1 aromatic heterocycles. The number of carbonyl (C=O) groups is 1. The quantitative estimate of drug-likeness (QED) is 0.503. The number of halogens is 1. The van der Waals surface area contributed by atoms with Gasteiger partial charge < -0.3 is 0 Å². The maximum atomic E-state index is 10.8. The third kappa shape index (κ3) is 1.62. The van der Waals surface area contributed by atoms with E-state index < -0.39 is 0 Å². The highest BCUT2D eigenvalue weighted by atomic mass is 79.9. The minimum absolute atomic E-state index is 0.727. The third-order valence-electron chi connectivity index (χ3n) is 2.04. The Morgan fingerprint density at radius 3 is 2.93 bits per heavy atom. The highest BCUT2D eigenvalue weighted by Gasteiger charge is 2.07. The summed E-state index contributed by atoms with van der Waals surface area (Å²) in [6.07, 6.45) is 0.885. The Kier molecular flexibility index (Phi) is 2.95. The molecule has 0 unspecified atom stereocenters. The maximum Gasteiger partial charge on any atom is 0.151 e. The number of thiophene rings is 1. The zero-order valence-electron chi connectivity index (χ0n) is 7.16. The van der Waals surface area contributed by atoms with E-state index in [2.05, 4.69) is 33.9 Å². The Hall–Kier alpha value is -0.320. The number of benzene rings is 1. The molecule has 0 bridgehead atoms. The van der Waals surface area contributed by atoms with Crippen LogP contribution in [0.5, 0.6) is 0 Å². The molecular formula is C10H7BrOS2. The fourth-order valence-corrected chi connectivity index (χ4v) is 3.37. The number of thiol groups is 1. The second-order valence-electron chi connectivity index (χ2n) is 2.92. The van der Waals surface area contributed by atoms with Crippen LogP contribution in [0.25, 0.3) is 10.1 Å². The summed E-state index contributed by atoms with van der Waals surface area (Å²) in [5.41, 5.74) is 1.94. The van der Waals surface area contributed by atoms with E-state index >= 15 is 0 Å². The van der Waals surface area contributed by atoms with Gasteiger partial charge in [-0.2, -0.15) is 0 Å². The maximum absolute atomic E-state index is 10.8. The molecule has 0 fully saturated rings. The smallest absolute Gasteiger partial charge is 0.151 e. The SMILES string of the molecule is O=Cc1cc(S)cc2c(CBr)csc12. The van der Waals surface area contributed by atoms with Gasteiger partial charge >= 0.3 is 0 Å². The molecule has 0 aliphatic rings. The van der Waals surface area contributed by atoms with E-state index in [1.54, 1.807) is 17.4 Å². The summed E-state index contributed by atoms with van der Waals surface area (Å²) in [6.45, 7) is 0. The monoisotopic (exact) mass is 286 g/mol. The molecular weight excluding hydrogens is 280 g/mol. The first-order valence-corrected chi connectivity index (χ1v) is 6.45. The molecule has 0 aliphatic carbocycles. The number of aldehydes is 1. The van der Waals surface area contributed by atoms with Crippen molar-refractivity contribution in [1.29, 1.82) is 0 Å². The van der Waals surface area contributed by atoms with E-state index in [-0.39, 0.29) is 0 Å². The standard InChI is InChI=1S/C10H7BrOS2/c11-3-7-5-14-10-6(4-12)1-8(13)2-9(7)10/h1-2,4-5,13H,3H2. The lowest BCUT2D eigenvalue weighted by Gasteiger charge is -1.98. The molecule has 0 saturated heterocycles. The molecule has 0 atom stereocenters. The molecule has 14 heavy (non-hydrogen) atoms. The summed E-state index contributed by atoms with van der Waals surface area (Å²) >= 11 is 9.30. The molecule has 1 nitrogen and oxygen atoms in total. The average molecular weight is 287 g/mol. The first kappa shape index (κ1) is 10.2. The molecule has 2 aromatic rings. The summed E-state index contributed by atoms with van der Waals surface area (Å²) in [5, 5.41) is 4.00. The van der Waals surface area contributed by atoms with Crippen LogP contribution in [-0.4, -0.2) is 6.29 Å². The van der Waals surface area contributed by atoms with Crippen molar-refractivity contribution in [2.45, 2.75) is 10.2 Å². The number of alkyl halides is 1. The number of fused-ring (bicyclic) bond motifs is 1. The summed E-state index contributed by atoms with van der Waals surface area (Å²) in [5.74, 6) is 0. The molecule has 0 amide bonds. The van der Waals surface area contributed by atoms with Gasteiger partial charge in [-0.15, -0.1) is 24.0 Å². The minimum atomic E-state index is 0.727. The van der Waals surface area contributed by atoms with Crippen molar-refractivity contribution in [3.8, 4) is 0 Å². The van der Waals surface area contributed by atoms with Crippen LogP contribution in [0, 0.1) is 0 Å². The Morgan fingerprint density at radius 2 is 2.29 bits per heavy atom. The van der Waals surface area contributed by atoms with Crippen LogP contribution in [0.15, 0.2) is 22.4 Å². The lowest BCUT2D eigenvalue weighted by Crippen LogP contribution is -1.81. The first-order chi connectivity index (χ1) is 6.76. The number of carbonyl (C=O) groups excluding carboxylic acids is 1. The zero-order chi connectivity index (χ0) is 10.1. The Morgan fingerprint density at radius 1 is 1.50 bits per heavy atom. The summed E-state index contributed by atoms with van der Waals surface area (Å²) in [4.78, 5) is 11.7. The van der Waals surface area contributed by atoms with Crippen LogP contribution in [-0.2, 0) is 5.33 Å². The topological polar surface area (TPSA) is 17.1 Å². The van der Waals surface area contributed by atoms with Crippen LogP contribution in [0.2, 0.25) is 0 Å². The van der Waals surface area contributed by atoms with Crippen molar-refractivity contribution in [2.24, 2.45) is 0 Å². The van der Waals surface area contributed by atoms with Crippen molar-refractivity contribution < 1.29 is 4.79 Å². The highest BCUT2D eigenvalue weighted by Crippen LogP contribution is 2.31. The van der Waals surface area contributed by atoms with Crippen LogP contribution < -0.4 is 0 Å². The minimum Gasteiger partial charge on any atom is -0.298 e. The molecule has 0 spiro atoms. The largest absolute Gasteiger partial charge is 0.298 e. The average Bonchev–Trinajstić information content (AvgIpc) is 2.59. The molecule has 4 heteroatoms. The number of hydrogen-bond acceptors (Lipinski definition) is 3. The molecule has 2 rings (SSSR count). The molecule has 0 saturated carbocycles. The van der Waals surface area contributed by atoms with Gasteiger partial charge in [-0.05, 0) is 28.5 Å². The molecule has 0 N–H and O–H groups in total. The molecule has 0 aliphatic heterocycles. The van der Waals surface area contributed by atoms with E-state index in [9.17, 15) is 4.79 Å². The predicted octanol–water partition coefficient (Wildman–Crippen LogP) is 3.90. The van der Waals surface area contributed by atoms with Gasteiger partial charge in [0, 0.05) is 20.5 Å². The van der Waals surface area contributed by atoms with Gasteiger partial charge in [-0.1, -0.05) is 15.9 Å². The van der Waals surface area contributed by atoms with Gasteiger partial charge in [0.05, 0.1) is 0 Å². The second kappa shape index (κ2) is 4.04. The third-order valence-corrected chi connectivity index (χ3v) is 3.99. The fourth-order valence-electron chi connectivity index (χ4n) is 1.39. The Labute approximate surface area is 99.7 Å². The van der Waals surface area contributed by atoms with Crippen LogP contribution in [0.1, 0.15) is 15.9 Å². The van der Waals surface area contributed by atoms with Crippen molar-refractivity contribution in [3.05, 3.63) is 28.6 Å². The van der Waals surface area contributed by atoms with Gasteiger partial charge in [0.15, 0.2) is 6.29 Å². The van der Waals surface area contributed by atoms with E-state index in [1.807, 2.05) is 6.07 Å². The van der Waals surface area contributed by atoms with Crippen LogP contribution in [0.4, 0.5) is 0 Å². The van der Waals surface area contributed by atoms with E-state index in [1.165, 1.54) is 5.56 Å². The van der Waals surface area contributed by atoms with E-state index in [0.717, 1.165) is 32.2 Å². The van der Waals surface area contributed by atoms with Gasteiger partial charge in [0.2, 0.25) is 0 Å². The van der Waals surface area contributed by atoms with Gasteiger partial charge in [-0.25, -0.2) is 0 Å². The molecule has 1 aromatic carbocycles. The predicted molar refractivity (Wildman–Crippen MR) is 67.1 cm³/mol. The lowest BCUT2D eigenvalue weighted by molar-refractivity contribution is 0.112. The molecule has 1 heterocycles. The summed E-state index contributed by atoms with van der Waals surface area (Å²) < 4.78 is 1.05. The lowest BCUT2D eigenvalue weighted by atomic mass is 10.1. The van der Waals surface area contributed by atoms with Crippen molar-refractivity contribution in [3.63, 3.8) is 0 Å². The second-order valence-corrected chi connectivity index (χ2v) is 4.88. The highest BCUT2D eigenvalue weighted by molar-refractivity contribution is 9.08. The van der Waals surface area contributed by atoms with Crippen molar-refractivity contribution >= 4 is 56.3 Å². The fraction of sp³-hybridized carbons (Fsp3) is 0.100. The van der Waals surface area contributed by atoms with E-state index in [4.69, 9.17) is 0 Å². The van der Waals surface area contributed by atoms with E-state index in [0.29, 0.717) is 0 Å². The Bertz CT molecular complexity index is 490.